The van der Waals surface area contributed by atoms with Crippen LogP contribution in [0.15, 0.2) is 12.4 Å². The van der Waals surface area contributed by atoms with Gasteiger partial charge in [-0.15, -0.1) is 0 Å². The summed E-state index contributed by atoms with van der Waals surface area (Å²) in [6.07, 6.45) is 5.26. The molecule has 0 aromatic carbocycles. The number of carbonyl (C=O) groups excluding carboxylic acids is 1. The van der Waals surface area contributed by atoms with Gasteiger partial charge < -0.3 is 10.0 Å². The molecule has 1 unspecified atom stereocenters. The van der Waals surface area contributed by atoms with Crippen LogP contribution in [0, 0.1) is 11.3 Å². The number of carboxylic acids is 1. The van der Waals surface area contributed by atoms with Crippen LogP contribution in [0.25, 0.3) is 0 Å². The number of aromatic nitrogens is 2. The maximum Gasteiger partial charge on any atom is 0.309 e. The average molecular weight is 328 g/mol. The third-order valence-electron chi connectivity index (χ3n) is 4.50. The molecule has 1 fully saturated rings. The molecular formula is C15H22ClN3O3. The highest BCUT2D eigenvalue weighted by Crippen LogP contribution is 2.34. The summed E-state index contributed by atoms with van der Waals surface area (Å²) in [6, 6.07) is 0. The monoisotopic (exact) mass is 327 g/mol. The Morgan fingerprint density at radius 1 is 1.50 bits per heavy atom. The topological polar surface area (TPSA) is 75.4 Å². The first-order valence-corrected chi connectivity index (χ1v) is 7.87. The van der Waals surface area contributed by atoms with Crippen molar-refractivity contribution in [2.45, 2.75) is 39.7 Å². The lowest BCUT2D eigenvalue weighted by atomic mass is 9.74. The second kappa shape index (κ2) is 6.69. The molecular weight excluding hydrogens is 306 g/mol. The third kappa shape index (κ3) is 3.80. The molecule has 1 aromatic rings. The molecule has 1 saturated heterocycles. The van der Waals surface area contributed by atoms with Crippen molar-refractivity contribution in [1.29, 1.82) is 0 Å². The van der Waals surface area contributed by atoms with Crippen molar-refractivity contribution in [3.63, 3.8) is 0 Å². The lowest BCUT2D eigenvalue weighted by molar-refractivity contribution is -0.153. The van der Waals surface area contributed by atoms with E-state index in [0.717, 1.165) is 12.8 Å². The number of hydrogen-bond donors (Lipinski definition) is 1. The van der Waals surface area contributed by atoms with Crippen LogP contribution in [0.4, 0.5) is 0 Å². The molecule has 6 nitrogen and oxygen atoms in total. The molecule has 1 aliphatic heterocycles. The van der Waals surface area contributed by atoms with Crippen molar-refractivity contribution in [2.24, 2.45) is 11.3 Å². The quantitative estimate of drug-likeness (QED) is 0.900. The Morgan fingerprint density at radius 2 is 2.23 bits per heavy atom. The van der Waals surface area contributed by atoms with Crippen LogP contribution in [0.5, 0.6) is 0 Å². The van der Waals surface area contributed by atoms with Crippen LogP contribution in [0.3, 0.4) is 0 Å². The number of piperidine rings is 1. The lowest BCUT2D eigenvalue weighted by Crippen LogP contribution is -2.47. The van der Waals surface area contributed by atoms with Crippen molar-refractivity contribution >= 4 is 23.5 Å². The van der Waals surface area contributed by atoms with Gasteiger partial charge in [0, 0.05) is 32.3 Å². The largest absolute Gasteiger partial charge is 0.481 e. The van der Waals surface area contributed by atoms with Crippen LogP contribution in [0.2, 0.25) is 5.02 Å². The normalized spacial score (nSPS) is 19.2. The van der Waals surface area contributed by atoms with Gasteiger partial charge in [-0.05, 0) is 32.6 Å². The van der Waals surface area contributed by atoms with Crippen LogP contribution in [-0.2, 0) is 16.1 Å². The molecule has 1 N–H and O–H groups in total. The molecule has 1 atom stereocenters. The summed E-state index contributed by atoms with van der Waals surface area (Å²) in [5.74, 6) is -0.780. The van der Waals surface area contributed by atoms with E-state index in [0.29, 0.717) is 31.1 Å². The molecule has 1 amide bonds. The number of amides is 1. The van der Waals surface area contributed by atoms with Gasteiger partial charge in [-0.25, -0.2) is 0 Å². The molecule has 0 saturated carbocycles. The SMILES string of the molecule is CC(C)(C(=O)O)C1CCCN(C(=O)CCn2cc(Cl)cn2)C1. The van der Waals surface area contributed by atoms with Gasteiger partial charge in [-0.1, -0.05) is 11.6 Å². The number of aryl methyl sites for hydroxylation is 1. The minimum atomic E-state index is -0.811. The second-order valence-electron chi connectivity index (χ2n) is 6.38. The Bertz CT molecular complexity index is 556. The lowest BCUT2D eigenvalue weighted by Gasteiger charge is -2.39. The van der Waals surface area contributed by atoms with Crippen molar-refractivity contribution in [1.82, 2.24) is 14.7 Å². The fraction of sp³-hybridized carbons (Fsp3) is 0.667. The van der Waals surface area contributed by atoms with Crippen LogP contribution >= 0.6 is 11.6 Å². The third-order valence-corrected chi connectivity index (χ3v) is 4.70. The first-order valence-electron chi connectivity index (χ1n) is 7.50. The Labute approximate surface area is 135 Å². The maximum absolute atomic E-state index is 12.3. The number of rotatable bonds is 5. The zero-order valence-corrected chi connectivity index (χ0v) is 13.7. The number of carbonyl (C=O) groups is 2. The number of aliphatic carboxylic acids is 1. The molecule has 0 bridgehead atoms. The van der Waals surface area contributed by atoms with E-state index in [1.54, 1.807) is 35.8 Å². The summed E-state index contributed by atoms with van der Waals surface area (Å²) >= 11 is 5.79. The number of likely N-dealkylation sites (tertiary alicyclic amines) is 1. The molecule has 2 rings (SSSR count). The van der Waals surface area contributed by atoms with E-state index in [2.05, 4.69) is 5.10 Å². The molecule has 0 spiro atoms. The molecule has 122 valence electrons. The van der Waals surface area contributed by atoms with Crippen molar-refractivity contribution in [3.8, 4) is 0 Å². The minimum Gasteiger partial charge on any atom is -0.481 e. The number of hydrogen-bond acceptors (Lipinski definition) is 3. The van der Waals surface area contributed by atoms with E-state index in [1.165, 1.54) is 0 Å². The van der Waals surface area contributed by atoms with Crippen molar-refractivity contribution < 1.29 is 14.7 Å². The Morgan fingerprint density at radius 3 is 2.82 bits per heavy atom. The van der Waals surface area contributed by atoms with Crippen LogP contribution in [-0.4, -0.2) is 44.8 Å². The maximum atomic E-state index is 12.3. The highest BCUT2D eigenvalue weighted by atomic mass is 35.5. The molecule has 0 radical (unpaired) electrons. The highest BCUT2D eigenvalue weighted by molar-refractivity contribution is 6.30. The fourth-order valence-corrected chi connectivity index (χ4v) is 2.95. The van der Waals surface area contributed by atoms with Gasteiger partial charge in [0.1, 0.15) is 0 Å². The van der Waals surface area contributed by atoms with E-state index < -0.39 is 11.4 Å². The summed E-state index contributed by atoms with van der Waals surface area (Å²) < 4.78 is 1.64. The predicted octanol–water partition coefficient (Wildman–Crippen LogP) is 2.28. The number of nitrogens with zero attached hydrogens (tertiary/aromatic N) is 3. The first-order chi connectivity index (χ1) is 10.3. The second-order valence-corrected chi connectivity index (χ2v) is 6.81. The molecule has 22 heavy (non-hydrogen) atoms. The standard InChI is InChI=1S/C15H22ClN3O3/c1-15(2,14(21)22)11-4-3-6-18(9-11)13(20)5-7-19-10-12(16)8-17-19/h8,10-11H,3-7,9H2,1-2H3,(H,21,22). The predicted molar refractivity (Wildman–Crippen MR) is 82.6 cm³/mol. The molecule has 1 aromatic heterocycles. The number of carboxylic acid groups (broad SMARTS) is 1. The summed E-state index contributed by atoms with van der Waals surface area (Å²) in [6.45, 7) is 5.16. The summed E-state index contributed by atoms with van der Waals surface area (Å²) in [7, 11) is 0. The van der Waals surface area contributed by atoms with Gasteiger partial charge in [0.15, 0.2) is 0 Å². The Hall–Kier alpha value is -1.56. The summed E-state index contributed by atoms with van der Waals surface area (Å²) in [5.41, 5.74) is -0.811. The van der Waals surface area contributed by atoms with Gasteiger partial charge >= 0.3 is 5.97 Å². The van der Waals surface area contributed by atoms with Crippen molar-refractivity contribution in [3.05, 3.63) is 17.4 Å². The van der Waals surface area contributed by atoms with Crippen LogP contribution < -0.4 is 0 Å². The van der Waals surface area contributed by atoms with Gasteiger partial charge in [-0.3, -0.25) is 14.3 Å². The van der Waals surface area contributed by atoms with E-state index in [9.17, 15) is 14.7 Å². The number of halogens is 1. The average Bonchev–Trinajstić information content (AvgIpc) is 2.90. The van der Waals surface area contributed by atoms with Gasteiger partial charge in [0.05, 0.1) is 16.6 Å². The molecule has 0 aliphatic carbocycles. The van der Waals surface area contributed by atoms with Gasteiger partial charge in [-0.2, -0.15) is 5.10 Å². The smallest absolute Gasteiger partial charge is 0.309 e. The molecule has 7 heteroatoms. The van der Waals surface area contributed by atoms with E-state index in [4.69, 9.17) is 11.6 Å². The molecule has 2 heterocycles. The van der Waals surface area contributed by atoms with E-state index >= 15 is 0 Å². The van der Waals surface area contributed by atoms with E-state index in [1.807, 2.05) is 0 Å². The highest BCUT2D eigenvalue weighted by Gasteiger charge is 2.39. The Balaban J connectivity index is 1.91. The first kappa shape index (κ1) is 16.8. The van der Waals surface area contributed by atoms with E-state index in [-0.39, 0.29) is 11.8 Å². The zero-order chi connectivity index (χ0) is 16.3. The minimum absolute atomic E-state index is 0.0122. The van der Waals surface area contributed by atoms with Gasteiger partial charge in [0.2, 0.25) is 5.91 Å². The molecule has 1 aliphatic rings. The summed E-state index contributed by atoms with van der Waals surface area (Å²) in [5, 5.41) is 13.9. The zero-order valence-electron chi connectivity index (χ0n) is 13.0. The van der Waals surface area contributed by atoms with Gasteiger partial charge in [0.25, 0.3) is 0 Å². The fourth-order valence-electron chi connectivity index (χ4n) is 2.80. The van der Waals surface area contributed by atoms with Crippen molar-refractivity contribution in [2.75, 3.05) is 13.1 Å². The summed E-state index contributed by atoms with van der Waals surface area (Å²) in [4.78, 5) is 25.5. The van der Waals surface area contributed by atoms with Crippen LogP contribution in [0.1, 0.15) is 33.1 Å². The Kier molecular flexibility index (Phi) is 5.11.